The highest BCUT2D eigenvalue weighted by Crippen LogP contribution is 2.13. The van der Waals surface area contributed by atoms with Gasteiger partial charge in [0.15, 0.2) is 0 Å². The SMILES string of the molecule is Nc1cnccc1Cc1cccnc1. The Labute approximate surface area is 82.6 Å². The van der Waals surface area contributed by atoms with E-state index in [4.69, 9.17) is 5.73 Å². The summed E-state index contributed by atoms with van der Waals surface area (Å²) in [6.07, 6.45) is 7.84. The van der Waals surface area contributed by atoms with Crippen LogP contribution in [0.3, 0.4) is 0 Å². The molecule has 2 aromatic rings. The zero-order chi connectivity index (χ0) is 9.80. The average molecular weight is 185 g/mol. The summed E-state index contributed by atoms with van der Waals surface area (Å²) in [6.45, 7) is 0. The molecule has 0 amide bonds. The molecular formula is C11H11N3. The van der Waals surface area contributed by atoms with Crippen molar-refractivity contribution in [3.8, 4) is 0 Å². The van der Waals surface area contributed by atoms with Crippen LogP contribution >= 0.6 is 0 Å². The Kier molecular flexibility index (Phi) is 2.40. The molecule has 0 unspecified atom stereocenters. The molecule has 0 aromatic carbocycles. The lowest BCUT2D eigenvalue weighted by atomic mass is 10.1. The maximum atomic E-state index is 5.79. The minimum absolute atomic E-state index is 0.733. The molecule has 3 nitrogen and oxygen atoms in total. The van der Waals surface area contributed by atoms with E-state index in [-0.39, 0.29) is 0 Å². The number of rotatable bonds is 2. The molecule has 0 radical (unpaired) electrons. The topological polar surface area (TPSA) is 51.8 Å². The van der Waals surface area contributed by atoms with Crippen LogP contribution in [0.15, 0.2) is 43.0 Å². The van der Waals surface area contributed by atoms with Crippen LogP contribution in [0, 0.1) is 0 Å². The first kappa shape index (κ1) is 8.69. The molecule has 0 saturated heterocycles. The number of nitrogen functional groups attached to an aromatic ring is 1. The number of hydrogen-bond donors (Lipinski definition) is 1. The first-order chi connectivity index (χ1) is 6.86. The van der Waals surface area contributed by atoms with Crippen molar-refractivity contribution < 1.29 is 0 Å². The van der Waals surface area contributed by atoms with E-state index in [0.29, 0.717) is 0 Å². The number of nitrogens with zero attached hydrogens (tertiary/aromatic N) is 2. The molecule has 70 valence electrons. The molecule has 0 atom stereocenters. The van der Waals surface area contributed by atoms with Gasteiger partial charge in [-0.1, -0.05) is 6.07 Å². The fourth-order valence-electron chi connectivity index (χ4n) is 1.32. The van der Waals surface area contributed by atoms with Crippen molar-refractivity contribution in [2.24, 2.45) is 0 Å². The summed E-state index contributed by atoms with van der Waals surface area (Å²) < 4.78 is 0. The van der Waals surface area contributed by atoms with E-state index in [0.717, 1.165) is 23.2 Å². The summed E-state index contributed by atoms with van der Waals surface area (Å²) in [7, 11) is 0. The van der Waals surface area contributed by atoms with Crippen molar-refractivity contribution in [2.75, 3.05) is 5.73 Å². The third kappa shape index (κ3) is 1.88. The molecule has 2 aromatic heterocycles. The van der Waals surface area contributed by atoms with Gasteiger partial charge < -0.3 is 5.73 Å². The predicted molar refractivity (Wildman–Crippen MR) is 55.7 cm³/mol. The summed E-state index contributed by atoms with van der Waals surface area (Å²) in [5, 5.41) is 0. The van der Waals surface area contributed by atoms with E-state index in [2.05, 4.69) is 9.97 Å². The lowest BCUT2D eigenvalue weighted by Crippen LogP contribution is -1.96. The maximum Gasteiger partial charge on any atom is 0.0536 e. The van der Waals surface area contributed by atoms with Gasteiger partial charge in [-0.3, -0.25) is 9.97 Å². The fourth-order valence-corrected chi connectivity index (χ4v) is 1.32. The van der Waals surface area contributed by atoms with Gasteiger partial charge in [-0.2, -0.15) is 0 Å². The summed E-state index contributed by atoms with van der Waals surface area (Å²) >= 11 is 0. The fraction of sp³-hybridized carbons (Fsp3) is 0.0909. The van der Waals surface area contributed by atoms with E-state index in [1.807, 2.05) is 24.4 Å². The van der Waals surface area contributed by atoms with Crippen LogP contribution < -0.4 is 5.73 Å². The monoisotopic (exact) mass is 185 g/mol. The van der Waals surface area contributed by atoms with Gasteiger partial charge in [-0.15, -0.1) is 0 Å². The maximum absolute atomic E-state index is 5.79. The second kappa shape index (κ2) is 3.87. The molecule has 0 bridgehead atoms. The Morgan fingerprint density at radius 2 is 1.93 bits per heavy atom. The molecule has 0 spiro atoms. The number of nitrogens with two attached hydrogens (primary N) is 1. The molecule has 2 N–H and O–H groups in total. The molecule has 2 heterocycles. The molecule has 14 heavy (non-hydrogen) atoms. The van der Waals surface area contributed by atoms with Crippen molar-refractivity contribution in [1.29, 1.82) is 0 Å². The predicted octanol–water partition coefficient (Wildman–Crippen LogP) is 1.65. The first-order valence-electron chi connectivity index (χ1n) is 4.43. The van der Waals surface area contributed by atoms with E-state index >= 15 is 0 Å². The van der Waals surface area contributed by atoms with E-state index in [1.54, 1.807) is 18.6 Å². The van der Waals surface area contributed by atoms with Gasteiger partial charge in [0.2, 0.25) is 0 Å². The van der Waals surface area contributed by atoms with E-state index < -0.39 is 0 Å². The molecular weight excluding hydrogens is 174 g/mol. The second-order valence-corrected chi connectivity index (χ2v) is 3.11. The normalized spacial score (nSPS) is 10.0. The minimum atomic E-state index is 0.733. The molecule has 3 heteroatoms. The zero-order valence-electron chi connectivity index (χ0n) is 7.72. The van der Waals surface area contributed by atoms with Gasteiger partial charge in [0.1, 0.15) is 0 Å². The lowest BCUT2D eigenvalue weighted by Gasteiger charge is -2.03. The van der Waals surface area contributed by atoms with E-state index in [1.165, 1.54) is 0 Å². The van der Waals surface area contributed by atoms with Gasteiger partial charge in [0, 0.05) is 25.0 Å². The van der Waals surface area contributed by atoms with Crippen LogP contribution in [0.4, 0.5) is 5.69 Å². The van der Waals surface area contributed by atoms with Crippen LogP contribution in [0.25, 0.3) is 0 Å². The summed E-state index contributed by atoms with van der Waals surface area (Å²) in [5.41, 5.74) is 8.77. The highest BCUT2D eigenvalue weighted by atomic mass is 14.7. The Hall–Kier alpha value is -1.90. The van der Waals surface area contributed by atoms with Crippen LogP contribution in [-0.4, -0.2) is 9.97 Å². The first-order valence-corrected chi connectivity index (χ1v) is 4.43. The average Bonchev–Trinajstić information content (AvgIpc) is 2.23. The third-order valence-electron chi connectivity index (χ3n) is 2.06. The summed E-state index contributed by atoms with van der Waals surface area (Å²) in [6, 6.07) is 5.89. The Bertz CT molecular complexity index is 412. The van der Waals surface area contributed by atoms with Gasteiger partial charge in [-0.25, -0.2) is 0 Å². The number of hydrogen-bond acceptors (Lipinski definition) is 3. The molecule has 0 aliphatic carbocycles. The van der Waals surface area contributed by atoms with Gasteiger partial charge in [-0.05, 0) is 23.3 Å². The molecule has 0 fully saturated rings. The minimum Gasteiger partial charge on any atom is -0.397 e. The molecule has 0 aliphatic rings. The van der Waals surface area contributed by atoms with E-state index in [9.17, 15) is 0 Å². The zero-order valence-corrected chi connectivity index (χ0v) is 7.72. The third-order valence-corrected chi connectivity index (χ3v) is 2.06. The largest absolute Gasteiger partial charge is 0.397 e. The number of aromatic nitrogens is 2. The van der Waals surface area contributed by atoms with Crippen LogP contribution in [0.5, 0.6) is 0 Å². The highest BCUT2D eigenvalue weighted by Gasteiger charge is 1.99. The van der Waals surface area contributed by atoms with Crippen molar-refractivity contribution in [1.82, 2.24) is 9.97 Å². The number of anilines is 1. The van der Waals surface area contributed by atoms with Crippen molar-refractivity contribution in [3.63, 3.8) is 0 Å². The van der Waals surface area contributed by atoms with Crippen LogP contribution in [0.2, 0.25) is 0 Å². The van der Waals surface area contributed by atoms with Crippen molar-refractivity contribution in [3.05, 3.63) is 54.1 Å². The number of pyridine rings is 2. The van der Waals surface area contributed by atoms with Crippen molar-refractivity contribution >= 4 is 5.69 Å². The summed E-state index contributed by atoms with van der Waals surface area (Å²) in [4.78, 5) is 8.00. The van der Waals surface area contributed by atoms with Crippen molar-refractivity contribution in [2.45, 2.75) is 6.42 Å². The molecule has 0 saturated carbocycles. The Morgan fingerprint density at radius 1 is 1.07 bits per heavy atom. The van der Waals surface area contributed by atoms with Gasteiger partial charge in [0.25, 0.3) is 0 Å². The smallest absolute Gasteiger partial charge is 0.0536 e. The van der Waals surface area contributed by atoms with Crippen LogP contribution in [0.1, 0.15) is 11.1 Å². The lowest BCUT2D eigenvalue weighted by molar-refractivity contribution is 1.13. The van der Waals surface area contributed by atoms with Gasteiger partial charge in [0.05, 0.1) is 11.9 Å². The summed E-state index contributed by atoms with van der Waals surface area (Å²) in [5.74, 6) is 0. The Morgan fingerprint density at radius 3 is 2.64 bits per heavy atom. The second-order valence-electron chi connectivity index (χ2n) is 3.11. The quantitative estimate of drug-likeness (QED) is 0.774. The Balaban J connectivity index is 2.24. The highest BCUT2D eigenvalue weighted by molar-refractivity contribution is 5.45. The molecule has 2 rings (SSSR count). The van der Waals surface area contributed by atoms with Gasteiger partial charge >= 0.3 is 0 Å². The standard InChI is InChI=1S/C11H11N3/c12-11-8-14-5-3-10(11)6-9-2-1-4-13-7-9/h1-5,7-8H,6,12H2. The molecule has 0 aliphatic heterocycles. The van der Waals surface area contributed by atoms with Crippen LogP contribution in [-0.2, 0) is 6.42 Å².